The van der Waals surface area contributed by atoms with Crippen molar-refractivity contribution in [3.63, 3.8) is 0 Å². The maximum atomic E-state index is 11.7. The summed E-state index contributed by atoms with van der Waals surface area (Å²) >= 11 is 0. The van der Waals surface area contributed by atoms with Gasteiger partial charge in [-0.15, -0.1) is 0 Å². The van der Waals surface area contributed by atoms with E-state index in [1.54, 1.807) is 7.11 Å². The van der Waals surface area contributed by atoms with E-state index in [2.05, 4.69) is 17.6 Å². The number of anilines is 1. The highest BCUT2D eigenvalue weighted by atomic mass is 16.5. The normalized spacial score (nSPS) is 10.4. The van der Waals surface area contributed by atoms with E-state index < -0.39 is 0 Å². The SMILES string of the molecule is CCCCCCCOc1ccc(NCC(=O)NCCCOC)cc1. The van der Waals surface area contributed by atoms with Crippen molar-refractivity contribution in [2.45, 2.75) is 45.4 Å². The van der Waals surface area contributed by atoms with Gasteiger partial charge in [-0.05, 0) is 37.1 Å². The molecule has 24 heavy (non-hydrogen) atoms. The van der Waals surface area contributed by atoms with Crippen LogP contribution < -0.4 is 15.4 Å². The highest BCUT2D eigenvalue weighted by molar-refractivity contribution is 5.80. The highest BCUT2D eigenvalue weighted by Crippen LogP contribution is 2.16. The summed E-state index contributed by atoms with van der Waals surface area (Å²) in [5, 5.41) is 5.95. The maximum absolute atomic E-state index is 11.7. The third-order valence-electron chi connectivity index (χ3n) is 3.67. The quantitative estimate of drug-likeness (QED) is 0.510. The Labute approximate surface area is 146 Å². The predicted octanol–water partition coefficient (Wildman–Crippen LogP) is 3.60. The van der Waals surface area contributed by atoms with Crippen LogP contribution in [0.4, 0.5) is 5.69 Å². The van der Waals surface area contributed by atoms with Gasteiger partial charge in [0, 0.05) is 25.9 Å². The number of nitrogens with one attached hydrogen (secondary N) is 2. The zero-order valence-corrected chi connectivity index (χ0v) is 15.1. The van der Waals surface area contributed by atoms with Crippen molar-refractivity contribution in [3.8, 4) is 5.75 Å². The Balaban J connectivity index is 2.14. The largest absolute Gasteiger partial charge is 0.494 e. The summed E-state index contributed by atoms with van der Waals surface area (Å²) < 4.78 is 10.7. The number of hydrogen-bond donors (Lipinski definition) is 2. The van der Waals surface area contributed by atoms with E-state index in [0.717, 1.165) is 30.9 Å². The lowest BCUT2D eigenvalue weighted by Gasteiger charge is -2.09. The molecule has 5 nitrogen and oxygen atoms in total. The Bertz CT molecular complexity index is 435. The fraction of sp³-hybridized carbons (Fsp3) is 0.632. The van der Waals surface area contributed by atoms with Gasteiger partial charge in [0.05, 0.1) is 13.2 Å². The van der Waals surface area contributed by atoms with Gasteiger partial charge >= 0.3 is 0 Å². The van der Waals surface area contributed by atoms with Gasteiger partial charge in [0.25, 0.3) is 0 Å². The number of hydrogen-bond acceptors (Lipinski definition) is 4. The molecule has 0 bridgehead atoms. The van der Waals surface area contributed by atoms with Crippen LogP contribution in [0, 0.1) is 0 Å². The van der Waals surface area contributed by atoms with Crippen molar-refractivity contribution in [3.05, 3.63) is 24.3 Å². The summed E-state index contributed by atoms with van der Waals surface area (Å²) in [6, 6.07) is 7.74. The molecule has 0 radical (unpaired) electrons. The monoisotopic (exact) mass is 336 g/mol. The van der Waals surface area contributed by atoms with Crippen molar-refractivity contribution in [2.75, 3.05) is 38.7 Å². The first-order chi connectivity index (χ1) is 11.8. The van der Waals surface area contributed by atoms with E-state index >= 15 is 0 Å². The average molecular weight is 336 g/mol. The third-order valence-corrected chi connectivity index (χ3v) is 3.67. The summed E-state index contributed by atoms with van der Waals surface area (Å²) in [6.07, 6.45) is 7.01. The van der Waals surface area contributed by atoms with Crippen LogP contribution >= 0.6 is 0 Å². The van der Waals surface area contributed by atoms with Gasteiger partial charge in [-0.25, -0.2) is 0 Å². The molecule has 0 aliphatic rings. The van der Waals surface area contributed by atoms with E-state index in [4.69, 9.17) is 9.47 Å². The van der Waals surface area contributed by atoms with Crippen LogP contribution in [0.25, 0.3) is 0 Å². The highest BCUT2D eigenvalue weighted by Gasteiger charge is 2.01. The maximum Gasteiger partial charge on any atom is 0.239 e. The summed E-state index contributed by atoms with van der Waals surface area (Å²) in [7, 11) is 1.66. The molecule has 5 heteroatoms. The molecule has 0 heterocycles. The van der Waals surface area contributed by atoms with Crippen LogP contribution in [0.15, 0.2) is 24.3 Å². The van der Waals surface area contributed by atoms with Crippen LogP contribution in [0.3, 0.4) is 0 Å². The van der Waals surface area contributed by atoms with Crippen molar-refractivity contribution in [1.82, 2.24) is 5.32 Å². The first-order valence-corrected chi connectivity index (χ1v) is 8.98. The molecular weight excluding hydrogens is 304 g/mol. The molecule has 136 valence electrons. The summed E-state index contributed by atoms with van der Waals surface area (Å²) in [5.74, 6) is 0.860. The van der Waals surface area contributed by atoms with Gasteiger partial charge in [0.1, 0.15) is 5.75 Å². The second-order valence-corrected chi connectivity index (χ2v) is 5.84. The molecule has 0 aliphatic heterocycles. The first-order valence-electron chi connectivity index (χ1n) is 8.98. The average Bonchev–Trinajstić information content (AvgIpc) is 2.61. The number of benzene rings is 1. The lowest BCUT2D eigenvalue weighted by atomic mass is 10.2. The molecule has 0 saturated carbocycles. The minimum atomic E-state index is -0.0153. The minimum absolute atomic E-state index is 0.0153. The molecule has 1 aromatic rings. The lowest BCUT2D eigenvalue weighted by molar-refractivity contribution is -0.119. The van der Waals surface area contributed by atoms with E-state index in [-0.39, 0.29) is 12.5 Å². The van der Waals surface area contributed by atoms with Gasteiger partial charge in [-0.1, -0.05) is 32.6 Å². The molecule has 0 aliphatic carbocycles. The summed E-state index contributed by atoms with van der Waals surface area (Å²) in [4.78, 5) is 11.7. The Hall–Kier alpha value is -1.75. The molecular formula is C19H32N2O3. The Kier molecular flexibility index (Phi) is 11.6. The van der Waals surface area contributed by atoms with Crippen molar-refractivity contribution >= 4 is 11.6 Å². The standard InChI is InChI=1S/C19H32N2O3/c1-3-4-5-6-7-15-24-18-11-9-17(10-12-18)21-16-19(22)20-13-8-14-23-2/h9-12,21H,3-8,13-16H2,1-2H3,(H,20,22). The van der Waals surface area contributed by atoms with Gasteiger partial charge < -0.3 is 20.1 Å². The second-order valence-electron chi connectivity index (χ2n) is 5.84. The van der Waals surface area contributed by atoms with Crippen molar-refractivity contribution < 1.29 is 14.3 Å². The molecule has 1 rings (SSSR count). The van der Waals surface area contributed by atoms with Crippen LogP contribution in [-0.4, -0.2) is 39.3 Å². The zero-order valence-electron chi connectivity index (χ0n) is 15.1. The fourth-order valence-electron chi connectivity index (χ4n) is 2.25. The van der Waals surface area contributed by atoms with E-state index in [0.29, 0.717) is 13.2 Å². The number of carbonyl (C=O) groups excluding carboxylic acids is 1. The Morgan fingerprint density at radius 1 is 1.00 bits per heavy atom. The number of unbranched alkanes of at least 4 members (excludes halogenated alkanes) is 4. The first kappa shape index (κ1) is 20.3. The predicted molar refractivity (Wildman–Crippen MR) is 98.7 cm³/mol. The van der Waals surface area contributed by atoms with Crippen LogP contribution in [-0.2, 0) is 9.53 Å². The molecule has 0 unspecified atom stereocenters. The van der Waals surface area contributed by atoms with Crippen molar-refractivity contribution in [1.29, 1.82) is 0 Å². The molecule has 1 aromatic carbocycles. The molecule has 0 aromatic heterocycles. The van der Waals surface area contributed by atoms with Gasteiger partial charge in [-0.2, -0.15) is 0 Å². The van der Waals surface area contributed by atoms with Gasteiger partial charge in [0.2, 0.25) is 5.91 Å². The Morgan fingerprint density at radius 3 is 2.46 bits per heavy atom. The minimum Gasteiger partial charge on any atom is -0.494 e. The topological polar surface area (TPSA) is 59.6 Å². The summed E-state index contributed by atoms with van der Waals surface area (Å²) in [6.45, 7) is 4.55. The number of carbonyl (C=O) groups is 1. The number of rotatable bonds is 14. The molecule has 0 spiro atoms. The third kappa shape index (κ3) is 10.1. The van der Waals surface area contributed by atoms with Crippen LogP contribution in [0.2, 0.25) is 0 Å². The molecule has 2 N–H and O–H groups in total. The number of amides is 1. The van der Waals surface area contributed by atoms with Gasteiger partial charge in [0.15, 0.2) is 0 Å². The van der Waals surface area contributed by atoms with Crippen LogP contribution in [0.1, 0.15) is 45.4 Å². The second kappa shape index (κ2) is 13.7. The summed E-state index contributed by atoms with van der Waals surface area (Å²) in [5.41, 5.74) is 0.914. The van der Waals surface area contributed by atoms with Crippen molar-refractivity contribution in [2.24, 2.45) is 0 Å². The van der Waals surface area contributed by atoms with Crippen LogP contribution in [0.5, 0.6) is 5.75 Å². The van der Waals surface area contributed by atoms with E-state index in [1.165, 1.54) is 25.7 Å². The lowest BCUT2D eigenvalue weighted by Crippen LogP contribution is -2.31. The molecule has 1 amide bonds. The molecule has 0 fully saturated rings. The van der Waals surface area contributed by atoms with E-state index in [9.17, 15) is 4.79 Å². The number of ether oxygens (including phenoxy) is 2. The fourth-order valence-corrected chi connectivity index (χ4v) is 2.25. The molecule has 0 atom stereocenters. The van der Waals surface area contributed by atoms with E-state index in [1.807, 2.05) is 24.3 Å². The molecule has 0 saturated heterocycles. The Morgan fingerprint density at radius 2 is 1.75 bits per heavy atom. The smallest absolute Gasteiger partial charge is 0.239 e. The van der Waals surface area contributed by atoms with Gasteiger partial charge in [-0.3, -0.25) is 4.79 Å². The zero-order chi connectivity index (χ0) is 17.5. The number of methoxy groups -OCH3 is 1.